The van der Waals surface area contributed by atoms with Gasteiger partial charge in [0.25, 0.3) is 5.91 Å². The molecule has 16 heavy (non-hydrogen) atoms. The lowest BCUT2D eigenvalue weighted by Gasteiger charge is -2.09. The third kappa shape index (κ3) is 3.31. The van der Waals surface area contributed by atoms with Gasteiger partial charge in [0.15, 0.2) is 11.5 Å². The summed E-state index contributed by atoms with van der Waals surface area (Å²) >= 11 is 5.60. The number of hydrogen-bond acceptors (Lipinski definition) is 3. The van der Waals surface area contributed by atoms with Crippen LogP contribution in [-0.4, -0.2) is 28.5 Å². The highest BCUT2D eigenvalue weighted by Crippen LogP contribution is 2.24. The van der Waals surface area contributed by atoms with Gasteiger partial charge in [-0.3, -0.25) is 4.79 Å². The topological polar surface area (TPSA) is 69.6 Å². The number of aromatic hydroxyl groups is 2. The third-order valence-corrected chi connectivity index (χ3v) is 2.64. The fraction of sp³-hybridized carbons (Fsp3) is 0.364. The Morgan fingerprint density at radius 3 is 2.69 bits per heavy atom. The van der Waals surface area contributed by atoms with Crippen molar-refractivity contribution in [2.45, 2.75) is 6.92 Å². The van der Waals surface area contributed by atoms with E-state index < -0.39 is 0 Å². The lowest BCUT2D eigenvalue weighted by molar-refractivity contribution is 0.0949. The van der Waals surface area contributed by atoms with Gasteiger partial charge in [-0.15, -0.1) is 11.6 Å². The van der Waals surface area contributed by atoms with Crippen LogP contribution in [0.15, 0.2) is 18.2 Å². The summed E-state index contributed by atoms with van der Waals surface area (Å²) in [4.78, 5) is 11.6. The maximum absolute atomic E-state index is 11.6. The maximum Gasteiger partial charge on any atom is 0.251 e. The third-order valence-electron chi connectivity index (χ3n) is 2.11. The Balaban J connectivity index is 2.63. The average Bonchev–Trinajstić information content (AvgIpc) is 2.29. The molecule has 0 aromatic heterocycles. The zero-order chi connectivity index (χ0) is 12.1. The molecule has 0 aliphatic carbocycles. The standard InChI is InChI=1S/C11H14ClNO3/c1-7(5-12)6-13-11(16)8-2-3-9(14)10(15)4-8/h2-4,7,14-15H,5-6H2,1H3,(H,13,16). The predicted molar refractivity (Wildman–Crippen MR) is 62.0 cm³/mol. The van der Waals surface area contributed by atoms with E-state index in [1.54, 1.807) is 0 Å². The second kappa shape index (κ2) is 5.61. The quantitative estimate of drug-likeness (QED) is 0.557. The Morgan fingerprint density at radius 2 is 2.12 bits per heavy atom. The molecule has 0 aliphatic heterocycles. The number of phenolic OH excluding ortho intramolecular Hbond substituents is 2. The molecule has 0 fully saturated rings. The van der Waals surface area contributed by atoms with Crippen LogP contribution in [-0.2, 0) is 0 Å². The van der Waals surface area contributed by atoms with Crippen LogP contribution in [0.5, 0.6) is 11.5 Å². The van der Waals surface area contributed by atoms with Crippen molar-refractivity contribution in [2.24, 2.45) is 5.92 Å². The van der Waals surface area contributed by atoms with Crippen molar-refractivity contribution in [2.75, 3.05) is 12.4 Å². The summed E-state index contributed by atoms with van der Waals surface area (Å²) in [7, 11) is 0. The Bertz CT molecular complexity index is 381. The lowest BCUT2D eigenvalue weighted by Crippen LogP contribution is -2.28. The molecule has 5 heteroatoms. The molecule has 0 saturated carbocycles. The summed E-state index contributed by atoms with van der Waals surface area (Å²) in [5.74, 6) is -0.187. The van der Waals surface area contributed by atoms with Crippen molar-refractivity contribution in [3.63, 3.8) is 0 Å². The molecule has 3 N–H and O–H groups in total. The molecule has 0 spiro atoms. The van der Waals surface area contributed by atoms with Gasteiger partial charge in [0.2, 0.25) is 0 Å². The number of carbonyl (C=O) groups excluding carboxylic acids is 1. The van der Waals surface area contributed by atoms with E-state index in [9.17, 15) is 9.90 Å². The van der Waals surface area contributed by atoms with E-state index in [-0.39, 0.29) is 23.3 Å². The summed E-state index contributed by atoms with van der Waals surface area (Å²) in [5.41, 5.74) is 0.303. The predicted octanol–water partition coefficient (Wildman–Crippen LogP) is 1.70. The van der Waals surface area contributed by atoms with E-state index in [1.807, 2.05) is 6.92 Å². The second-order valence-corrected chi connectivity index (χ2v) is 3.98. The van der Waals surface area contributed by atoms with Gasteiger partial charge in [-0.1, -0.05) is 6.92 Å². The van der Waals surface area contributed by atoms with E-state index in [1.165, 1.54) is 18.2 Å². The Labute approximate surface area is 98.9 Å². The van der Waals surface area contributed by atoms with Gasteiger partial charge in [0.1, 0.15) is 0 Å². The first-order valence-electron chi connectivity index (χ1n) is 4.90. The van der Waals surface area contributed by atoms with E-state index in [0.717, 1.165) is 0 Å². The number of phenols is 2. The molecule has 0 radical (unpaired) electrons. The van der Waals surface area contributed by atoms with E-state index >= 15 is 0 Å². The monoisotopic (exact) mass is 243 g/mol. The average molecular weight is 244 g/mol. The number of carbonyl (C=O) groups is 1. The van der Waals surface area contributed by atoms with Crippen LogP contribution in [0.4, 0.5) is 0 Å². The van der Waals surface area contributed by atoms with Crippen molar-refractivity contribution in [3.05, 3.63) is 23.8 Å². The summed E-state index contributed by atoms with van der Waals surface area (Å²) in [6.07, 6.45) is 0. The highest BCUT2D eigenvalue weighted by atomic mass is 35.5. The molecule has 0 aliphatic rings. The van der Waals surface area contributed by atoms with Crippen molar-refractivity contribution in [1.82, 2.24) is 5.32 Å². The molecular formula is C11H14ClNO3. The van der Waals surface area contributed by atoms with Crippen LogP contribution in [0.3, 0.4) is 0 Å². The highest BCUT2D eigenvalue weighted by molar-refractivity contribution is 6.18. The lowest BCUT2D eigenvalue weighted by atomic mass is 10.1. The molecule has 1 aromatic rings. The summed E-state index contributed by atoms with van der Waals surface area (Å²) in [6, 6.07) is 3.93. The van der Waals surface area contributed by atoms with Crippen LogP contribution in [0.2, 0.25) is 0 Å². The number of halogens is 1. The second-order valence-electron chi connectivity index (χ2n) is 3.67. The first-order valence-corrected chi connectivity index (χ1v) is 5.44. The van der Waals surface area contributed by atoms with Crippen LogP contribution in [0.1, 0.15) is 17.3 Å². The first kappa shape index (κ1) is 12.6. The van der Waals surface area contributed by atoms with E-state index in [2.05, 4.69) is 5.32 Å². The van der Waals surface area contributed by atoms with Gasteiger partial charge in [-0.2, -0.15) is 0 Å². The van der Waals surface area contributed by atoms with E-state index in [4.69, 9.17) is 16.7 Å². The van der Waals surface area contributed by atoms with Crippen LogP contribution < -0.4 is 5.32 Å². The van der Waals surface area contributed by atoms with Crippen molar-refractivity contribution in [3.8, 4) is 11.5 Å². The molecule has 88 valence electrons. The van der Waals surface area contributed by atoms with Gasteiger partial charge >= 0.3 is 0 Å². The summed E-state index contributed by atoms with van der Waals surface area (Å²) < 4.78 is 0. The molecule has 1 unspecified atom stereocenters. The highest BCUT2D eigenvalue weighted by Gasteiger charge is 2.09. The van der Waals surface area contributed by atoms with Crippen LogP contribution >= 0.6 is 11.6 Å². The fourth-order valence-corrected chi connectivity index (χ4v) is 1.20. The zero-order valence-electron chi connectivity index (χ0n) is 8.90. The van der Waals surface area contributed by atoms with Crippen molar-refractivity contribution < 1.29 is 15.0 Å². The van der Waals surface area contributed by atoms with E-state index in [0.29, 0.717) is 18.0 Å². The molecule has 0 bridgehead atoms. The zero-order valence-corrected chi connectivity index (χ0v) is 9.66. The Morgan fingerprint density at radius 1 is 1.44 bits per heavy atom. The molecule has 4 nitrogen and oxygen atoms in total. The minimum atomic E-state index is -0.307. The normalized spacial score (nSPS) is 12.1. The number of amides is 1. The number of hydrogen-bond donors (Lipinski definition) is 3. The van der Waals surface area contributed by atoms with Gasteiger partial charge in [-0.05, 0) is 24.1 Å². The van der Waals surface area contributed by atoms with Gasteiger partial charge < -0.3 is 15.5 Å². The number of benzene rings is 1. The smallest absolute Gasteiger partial charge is 0.251 e. The minimum Gasteiger partial charge on any atom is -0.504 e. The van der Waals surface area contributed by atoms with Crippen LogP contribution in [0.25, 0.3) is 0 Å². The van der Waals surface area contributed by atoms with Gasteiger partial charge in [-0.25, -0.2) is 0 Å². The summed E-state index contributed by atoms with van der Waals surface area (Å²) in [5, 5.41) is 21.0. The number of alkyl halides is 1. The molecule has 1 rings (SSSR count). The van der Waals surface area contributed by atoms with Gasteiger partial charge in [0.05, 0.1) is 0 Å². The van der Waals surface area contributed by atoms with Crippen LogP contribution in [0, 0.1) is 5.92 Å². The Hall–Kier alpha value is -1.42. The molecule has 1 amide bonds. The number of nitrogens with one attached hydrogen (secondary N) is 1. The Kier molecular flexibility index (Phi) is 4.43. The SMILES string of the molecule is CC(CCl)CNC(=O)c1ccc(O)c(O)c1. The largest absolute Gasteiger partial charge is 0.504 e. The van der Waals surface area contributed by atoms with Crippen molar-refractivity contribution >= 4 is 17.5 Å². The van der Waals surface area contributed by atoms with Crippen molar-refractivity contribution in [1.29, 1.82) is 0 Å². The molecule has 0 heterocycles. The number of rotatable bonds is 4. The molecule has 1 atom stereocenters. The first-order chi connectivity index (χ1) is 7.54. The maximum atomic E-state index is 11.6. The van der Waals surface area contributed by atoms with Gasteiger partial charge in [0, 0.05) is 18.0 Å². The fourth-order valence-electron chi connectivity index (χ4n) is 1.09. The minimum absolute atomic E-state index is 0.191. The molecule has 0 saturated heterocycles. The molecule has 1 aromatic carbocycles. The molecular weight excluding hydrogens is 230 g/mol. The summed E-state index contributed by atoms with van der Waals surface area (Å²) in [6.45, 7) is 2.39.